The summed E-state index contributed by atoms with van der Waals surface area (Å²) >= 11 is 0. The Morgan fingerprint density at radius 3 is 2.39 bits per heavy atom. The van der Waals surface area contributed by atoms with Crippen molar-refractivity contribution in [3.63, 3.8) is 0 Å². The Bertz CT molecular complexity index is 856. The van der Waals surface area contributed by atoms with Gasteiger partial charge in [-0.3, -0.25) is 0 Å². The van der Waals surface area contributed by atoms with Crippen molar-refractivity contribution in [1.82, 2.24) is 14.7 Å². The van der Waals surface area contributed by atoms with Crippen LogP contribution in [0.4, 0.5) is 23.7 Å². The Morgan fingerprint density at radius 2 is 1.82 bits per heavy atom. The number of hydrogen-bond donors (Lipinski definition) is 1. The summed E-state index contributed by atoms with van der Waals surface area (Å²) in [5.74, 6) is -1.09. The van der Waals surface area contributed by atoms with E-state index in [0.29, 0.717) is 23.5 Å². The maximum Gasteiger partial charge on any atom is 0.434 e. The Balaban J connectivity index is 1.85. The van der Waals surface area contributed by atoms with Crippen LogP contribution >= 0.6 is 0 Å². The molecule has 1 saturated heterocycles. The maximum atomic E-state index is 13.5. The van der Waals surface area contributed by atoms with Gasteiger partial charge in [0.15, 0.2) is 5.69 Å². The van der Waals surface area contributed by atoms with Gasteiger partial charge in [0.05, 0.1) is 18.5 Å². The van der Waals surface area contributed by atoms with Crippen LogP contribution in [0.5, 0.6) is 0 Å². The number of nitrogens with one attached hydrogen (secondary N) is 1. The van der Waals surface area contributed by atoms with E-state index < -0.39 is 23.4 Å². The van der Waals surface area contributed by atoms with E-state index in [4.69, 9.17) is 0 Å². The molecule has 0 spiro atoms. The molecule has 1 aliphatic rings. The zero-order chi connectivity index (χ0) is 20.3. The normalized spacial score (nSPS) is 14.2. The lowest BCUT2D eigenvalue weighted by Crippen LogP contribution is -2.32. The molecule has 3 rings (SSSR count). The van der Waals surface area contributed by atoms with Crippen molar-refractivity contribution in [3.05, 3.63) is 41.7 Å². The number of amides is 2. The summed E-state index contributed by atoms with van der Waals surface area (Å²) in [6.45, 7) is 2.82. The molecule has 1 aromatic heterocycles. The number of esters is 1. The highest BCUT2D eigenvalue weighted by Gasteiger charge is 2.41. The summed E-state index contributed by atoms with van der Waals surface area (Å²) in [7, 11) is 0. The van der Waals surface area contributed by atoms with Crippen LogP contribution < -0.4 is 5.32 Å². The predicted molar refractivity (Wildman–Crippen MR) is 94.3 cm³/mol. The van der Waals surface area contributed by atoms with Gasteiger partial charge in [0.1, 0.15) is 5.56 Å². The molecule has 7 nitrogen and oxygen atoms in total. The number of likely N-dealkylation sites (tertiary alicyclic amines) is 1. The highest BCUT2D eigenvalue weighted by molar-refractivity contribution is 5.91. The van der Waals surface area contributed by atoms with E-state index in [0.717, 1.165) is 19.0 Å². The number of ether oxygens (including phenoxy) is 1. The topological polar surface area (TPSA) is 76.5 Å². The Kier molecular flexibility index (Phi) is 5.57. The molecule has 28 heavy (non-hydrogen) atoms. The minimum atomic E-state index is -4.80. The standard InChI is InChI=1S/C18H19F3N4O3/c1-2-28-16(26)14-11-22-25(15(14)18(19,20)21)13-7-5-12(6-8-13)23-17(27)24-9-3-4-10-24/h5-8,11H,2-4,9-10H2,1H3,(H,23,27). The van der Waals surface area contributed by atoms with Crippen LogP contribution in [-0.4, -0.2) is 46.4 Å². The molecule has 0 aliphatic carbocycles. The Hall–Kier alpha value is -3.04. The number of carbonyl (C=O) groups excluding carboxylic acids is 2. The second-order valence-electron chi connectivity index (χ2n) is 6.21. The first-order valence-corrected chi connectivity index (χ1v) is 8.80. The summed E-state index contributed by atoms with van der Waals surface area (Å²) < 4.78 is 45.9. The van der Waals surface area contributed by atoms with Crippen molar-refractivity contribution in [2.24, 2.45) is 0 Å². The molecule has 10 heteroatoms. The third-order valence-corrected chi connectivity index (χ3v) is 4.29. The number of alkyl halides is 3. The van der Waals surface area contributed by atoms with Crippen molar-refractivity contribution < 1.29 is 27.5 Å². The third kappa shape index (κ3) is 4.10. The SMILES string of the molecule is CCOC(=O)c1cnn(-c2ccc(NC(=O)N3CCCC3)cc2)c1C(F)(F)F. The molecule has 0 atom stereocenters. The molecule has 0 unspecified atom stereocenters. The number of hydrogen-bond acceptors (Lipinski definition) is 4. The van der Waals surface area contributed by atoms with Crippen LogP contribution in [0, 0.1) is 0 Å². The van der Waals surface area contributed by atoms with Gasteiger partial charge in [-0.05, 0) is 44.0 Å². The van der Waals surface area contributed by atoms with Crippen LogP contribution in [0.15, 0.2) is 30.5 Å². The quantitative estimate of drug-likeness (QED) is 0.800. The molecule has 1 fully saturated rings. The monoisotopic (exact) mass is 396 g/mol. The second-order valence-corrected chi connectivity index (χ2v) is 6.21. The largest absolute Gasteiger partial charge is 0.462 e. The average Bonchev–Trinajstić information content (AvgIpc) is 3.32. The number of aromatic nitrogens is 2. The lowest BCUT2D eigenvalue weighted by molar-refractivity contribution is -0.143. The molecule has 1 N–H and O–H groups in total. The Labute approximate surface area is 159 Å². The number of benzene rings is 1. The predicted octanol–water partition coefficient (Wildman–Crippen LogP) is 3.70. The minimum absolute atomic E-state index is 0.0489. The fourth-order valence-corrected chi connectivity index (χ4v) is 2.98. The number of carbonyl (C=O) groups is 2. The van der Waals surface area contributed by atoms with Gasteiger partial charge in [0, 0.05) is 18.8 Å². The molecular weight excluding hydrogens is 377 g/mol. The van der Waals surface area contributed by atoms with Crippen LogP contribution in [0.2, 0.25) is 0 Å². The highest BCUT2D eigenvalue weighted by atomic mass is 19.4. The van der Waals surface area contributed by atoms with E-state index in [2.05, 4.69) is 15.2 Å². The van der Waals surface area contributed by atoms with Gasteiger partial charge in [-0.2, -0.15) is 18.3 Å². The fourth-order valence-electron chi connectivity index (χ4n) is 2.98. The second kappa shape index (κ2) is 7.91. The number of urea groups is 1. The summed E-state index contributed by atoms with van der Waals surface area (Å²) in [4.78, 5) is 25.6. The first-order chi connectivity index (χ1) is 13.3. The third-order valence-electron chi connectivity index (χ3n) is 4.29. The van der Waals surface area contributed by atoms with Gasteiger partial charge in [-0.1, -0.05) is 0 Å². The minimum Gasteiger partial charge on any atom is -0.462 e. The van der Waals surface area contributed by atoms with Crippen molar-refractivity contribution in [2.45, 2.75) is 25.9 Å². The highest BCUT2D eigenvalue weighted by Crippen LogP contribution is 2.34. The molecule has 0 saturated carbocycles. The average molecular weight is 396 g/mol. The van der Waals surface area contributed by atoms with Gasteiger partial charge in [0.25, 0.3) is 0 Å². The number of nitrogens with zero attached hydrogens (tertiary/aromatic N) is 3. The molecule has 1 aliphatic heterocycles. The van der Waals surface area contributed by atoms with Crippen molar-refractivity contribution in [3.8, 4) is 5.69 Å². The Morgan fingerprint density at radius 1 is 1.18 bits per heavy atom. The first kappa shape index (κ1) is 19.7. The van der Waals surface area contributed by atoms with Gasteiger partial charge < -0.3 is 15.0 Å². The fraction of sp³-hybridized carbons (Fsp3) is 0.389. The number of rotatable bonds is 4. The summed E-state index contributed by atoms with van der Waals surface area (Å²) in [5, 5.41) is 6.42. The first-order valence-electron chi connectivity index (χ1n) is 8.80. The van der Waals surface area contributed by atoms with Gasteiger partial charge >= 0.3 is 18.2 Å². The molecule has 0 radical (unpaired) electrons. The van der Waals surface area contributed by atoms with Crippen molar-refractivity contribution in [2.75, 3.05) is 25.0 Å². The molecule has 1 aromatic carbocycles. The molecule has 150 valence electrons. The van der Waals surface area contributed by atoms with Crippen LogP contribution in [0.25, 0.3) is 5.69 Å². The smallest absolute Gasteiger partial charge is 0.434 e. The van der Waals surface area contributed by atoms with E-state index in [1.807, 2.05) is 0 Å². The van der Waals surface area contributed by atoms with Crippen molar-refractivity contribution >= 4 is 17.7 Å². The van der Waals surface area contributed by atoms with Crippen molar-refractivity contribution in [1.29, 1.82) is 0 Å². The summed E-state index contributed by atoms with van der Waals surface area (Å²) in [5.41, 5.74) is -1.31. The summed E-state index contributed by atoms with van der Waals surface area (Å²) in [6, 6.07) is 5.49. The zero-order valence-electron chi connectivity index (χ0n) is 15.1. The lowest BCUT2D eigenvalue weighted by atomic mass is 10.2. The van der Waals surface area contributed by atoms with Crippen LogP contribution in [-0.2, 0) is 10.9 Å². The number of anilines is 1. The van der Waals surface area contributed by atoms with Crippen LogP contribution in [0.1, 0.15) is 35.8 Å². The lowest BCUT2D eigenvalue weighted by Gasteiger charge is -2.16. The van der Waals surface area contributed by atoms with Gasteiger partial charge in [-0.25, -0.2) is 14.3 Å². The van der Waals surface area contributed by atoms with Crippen LogP contribution in [0.3, 0.4) is 0 Å². The molecule has 0 bridgehead atoms. The van der Waals surface area contributed by atoms with Gasteiger partial charge in [-0.15, -0.1) is 0 Å². The van der Waals surface area contributed by atoms with E-state index in [9.17, 15) is 22.8 Å². The number of halogens is 3. The molecule has 2 amide bonds. The van der Waals surface area contributed by atoms with E-state index in [1.165, 1.54) is 31.2 Å². The molecule has 2 aromatic rings. The van der Waals surface area contributed by atoms with E-state index in [-0.39, 0.29) is 18.3 Å². The van der Waals surface area contributed by atoms with E-state index >= 15 is 0 Å². The molecule has 2 heterocycles. The zero-order valence-corrected chi connectivity index (χ0v) is 15.1. The maximum absolute atomic E-state index is 13.5. The molecular formula is C18H19F3N4O3. The van der Waals surface area contributed by atoms with Gasteiger partial charge in [0.2, 0.25) is 0 Å². The summed E-state index contributed by atoms with van der Waals surface area (Å²) in [6.07, 6.45) is -2.06. The van der Waals surface area contributed by atoms with E-state index in [1.54, 1.807) is 4.90 Å².